The number of para-hydroxylation sites is 2. The van der Waals surface area contributed by atoms with E-state index < -0.39 is 12.2 Å². The lowest BCUT2D eigenvalue weighted by molar-refractivity contribution is -0.0373. The summed E-state index contributed by atoms with van der Waals surface area (Å²) in [5.74, 6) is 1.19. The molecule has 4 heteroatoms. The second kappa shape index (κ2) is 3.86. The SMILES string of the molecule is OC1COc2ccccc2OCC1O. The summed E-state index contributed by atoms with van der Waals surface area (Å²) >= 11 is 0. The molecule has 1 aliphatic rings. The molecule has 2 N–H and O–H groups in total. The standard InChI is InChI=1S/C10H12O4/c11-7-5-13-9-3-1-2-4-10(9)14-6-8(7)12/h1-4,7-8,11-12H,5-6H2. The quantitative estimate of drug-likeness (QED) is 0.621. The number of aliphatic hydroxyl groups excluding tert-OH is 2. The Morgan fingerprint density at radius 1 is 0.929 bits per heavy atom. The van der Waals surface area contributed by atoms with Gasteiger partial charge in [-0.1, -0.05) is 12.1 Å². The van der Waals surface area contributed by atoms with Crippen molar-refractivity contribution in [1.29, 1.82) is 0 Å². The van der Waals surface area contributed by atoms with E-state index in [1.165, 1.54) is 0 Å². The van der Waals surface area contributed by atoms with Crippen molar-refractivity contribution in [2.24, 2.45) is 0 Å². The van der Waals surface area contributed by atoms with Gasteiger partial charge in [-0.15, -0.1) is 0 Å². The predicted molar refractivity (Wildman–Crippen MR) is 49.4 cm³/mol. The molecule has 1 aromatic carbocycles. The minimum atomic E-state index is -0.900. The predicted octanol–water partition coefficient (Wildman–Crippen LogP) is 0.180. The zero-order chi connectivity index (χ0) is 9.97. The van der Waals surface area contributed by atoms with Gasteiger partial charge in [-0.05, 0) is 12.1 Å². The van der Waals surface area contributed by atoms with Gasteiger partial charge in [-0.3, -0.25) is 0 Å². The third-order valence-electron chi connectivity index (χ3n) is 2.11. The third kappa shape index (κ3) is 1.81. The van der Waals surface area contributed by atoms with Gasteiger partial charge in [0.2, 0.25) is 0 Å². The van der Waals surface area contributed by atoms with Crippen LogP contribution in [0, 0.1) is 0 Å². The van der Waals surface area contributed by atoms with E-state index in [-0.39, 0.29) is 13.2 Å². The first-order valence-electron chi connectivity index (χ1n) is 4.48. The number of aliphatic hydroxyl groups is 2. The molecular weight excluding hydrogens is 184 g/mol. The summed E-state index contributed by atoms with van der Waals surface area (Å²) in [7, 11) is 0. The summed E-state index contributed by atoms with van der Waals surface area (Å²) in [6, 6.07) is 7.18. The number of ether oxygens (including phenoxy) is 2. The number of fused-ring (bicyclic) bond motifs is 1. The zero-order valence-corrected chi connectivity index (χ0v) is 7.59. The van der Waals surface area contributed by atoms with Crippen LogP contribution in [0.15, 0.2) is 24.3 Å². The lowest BCUT2D eigenvalue weighted by Crippen LogP contribution is -2.37. The molecular formula is C10H12O4. The average molecular weight is 196 g/mol. The highest BCUT2D eigenvalue weighted by Crippen LogP contribution is 2.28. The highest BCUT2D eigenvalue weighted by molar-refractivity contribution is 5.39. The summed E-state index contributed by atoms with van der Waals surface area (Å²) in [6.07, 6.45) is -1.80. The molecule has 4 nitrogen and oxygen atoms in total. The van der Waals surface area contributed by atoms with Crippen molar-refractivity contribution < 1.29 is 19.7 Å². The lowest BCUT2D eigenvalue weighted by atomic mass is 10.2. The third-order valence-corrected chi connectivity index (χ3v) is 2.11. The molecule has 0 radical (unpaired) electrons. The van der Waals surface area contributed by atoms with Crippen LogP contribution >= 0.6 is 0 Å². The lowest BCUT2D eigenvalue weighted by Gasteiger charge is -2.23. The van der Waals surface area contributed by atoms with Crippen LogP contribution in [0.3, 0.4) is 0 Å². The molecule has 0 saturated heterocycles. The Hall–Kier alpha value is -1.26. The van der Waals surface area contributed by atoms with Crippen molar-refractivity contribution in [3.63, 3.8) is 0 Å². The van der Waals surface area contributed by atoms with Crippen LogP contribution < -0.4 is 9.47 Å². The Bertz CT molecular complexity index is 282. The van der Waals surface area contributed by atoms with Crippen molar-refractivity contribution in [3.05, 3.63) is 24.3 Å². The molecule has 1 aromatic rings. The van der Waals surface area contributed by atoms with E-state index in [0.717, 1.165) is 0 Å². The van der Waals surface area contributed by atoms with E-state index in [2.05, 4.69) is 0 Å². The molecule has 0 amide bonds. The van der Waals surface area contributed by atoms with Crippen LogP contribution in [-0.2, 0) is 0 Å². The van der Waals surface area contributed by atoms with Gasteiger partial charge in [0, 0.05) is 0 Å². The highest BCUT2D eigenvalue weighted by atomic mass is 16.5. The Kier molecular flexibility index (Phi) is 2.56. The van der Waals surface area contributed by atoms with Gasteiger partial charge in [0.25, 0.3) is 0 Å². The van der Waals surface area contributed by atoms with E-state index in [0.29, 0.717) is 11.5 Å². The Morgan fingerprint density at radius 3 is 1.79 bits per heavy atom. The van der Waals surface area contributed by atoms with Gasteiger partial charge < -0.3 is 19.7 Å². The van der Waals surface area contributed by atoms with Crippen molar-refractivity contribution in [3.8, 4) is 11.5 Å². The van der Waals surface area contributed by atoms with Crippen molar-refractivity contribution >= 4 is 0 Å². The van der Waals surface area contributed by atoms with Crippen LogP contribution in [0.4, 0.5) is 0 Å². The van der Waals surface area contributed by atoms with Gasteiger partial charge in [-0.25, -0.2) is 0 Å². The Labute approximate surface area is 81.7 Å². The highest BCUT2D eigenvalue weighted by Gasteiger charge is 2.21. The maximum absolute atomic E-state index is 9.35. The van der Waals surface area contributed by atoms with E-state index >= 15 is 0 Å². The first-order valence-corrected chi connectivity index (χ1v) is 4.48. The van der Waals surface area contributed by atoms with Crippen LogP contribution in [0.1, 0.15) is 0 Å². The summed E-state index contributed by atoms with van der Waals surface area (Å²) in [4.78, 5) is 0. The molecule has 0 saturated carbocycles. The molecule has 2 atom stereocenters. The number of hydrogen-bond acceptors (Lipinski definition) is 4. The van der Waals surface area contributed by atoms with Gasteiger partial charge in [0.1, 0.15) is 25.4 Å². The number of hydrogen-bond donors (Lipinski definition) is 2. The van der Waals surface area contributed by atoms with Crippen LogP contribution in [0.2, 0.25) is 0 Å². The second-order valence-electron chi connectivity index (χ2n) is 3.20. The van der Waals surface area contributed by atoms with E-state index in [9.17, 15) is 10.2 Å². The van der Waals surface area contributed by atoms with Crippen molar-refractivity contribution in [1.82, 2.24) is 0 Å². The summed E-state index contributed by atoms with van der Waals surface area (Å²) in [6.45, 7) is 0.170. The maximum Gasteiger partial charge on any atom is 0.161 e. The van der Waals surface area contributed by atoms with E-state index in [4.69, 9.17) is 9.47 Å². The maximum atomic E-state index is 9.35. The zero-order valence-electron chi connectivity index (χ0n) is 7.59. The number of rotatable bonds is 0. The van der Waals surface area contributed by atoms with E-state index in [1.54, 1.807) is 12.1 Å². The molecule has 0 bridgehead atoms. The first-order chi connectivity index (χ1) is 6.77. The second-order valence-corrected chi connectivity index (χ2v) is 3.20. The van der Waals surface area contributed by atoms with Gasteiger partial charge in [0.15, 0.2) is 11.5 Å². The summed E-state index contributed by atoms with van der Waals surface area (Å²) in [5, 5.41) is 18.7. The van der Waals surface area contributed by atoms with Crippen LogP contribution in [0.5, 0.6) is 11.5 Å². The largest absolute Gasteiger partial charge is 0.487 e. The molecule has 0 spiro atoms. The normalized spacial score (nSPS) is 26.4. The Balaban J connectivity index is 2.20. The minimum absolute atomic E-state index is 0.0849. The fourth-order valence-corrected chi connectivity index (χ4v) is 1.26. The molecule has 2 rings (SSSR count). The molecule has 0 aromatic heterocycles. The molecule has 76 valence electrons. The molecule has 2 unspecified atom stereocenters. The fourth-order valence-electron chi connectivity index (χ4n) is 1.26. The molecule has 1 aliphatic heterocycles. The molecule has 0 fully saturated rings. The van der Waals surface area contributed by atoms with Gasteiger partial charge in [-0.2, -0.15) is 0 Å². The molecule has 0 aliphatic carbocycles. The van der Waals surface area contributed by atoms with Crippen molar-refractivity contribution in [2.75, 3.05) is 13.2 Å². The first kappa shape index (κ1) is 9.30. The van der Waals surface area contributed by atoms with E-state index in [1.807, 2.05) is 12.1 Å². The van der Waals surface area contributed by atoms with Crippen LogP contribution in [0.25, 0.3) is 0 Å². The topological polar surface area (TPSA) is 58.9 Å². The average Bonchev–Trinajstić information content (AvgIpc) is 2.21. The molecule has 14 heavy (non-hydrogen) atoms. The number of benzene rings is 1. The van der Waals surface area contributed by atoms with Crippen molar-refractivity contribution in [2.45, 2.75) is 12.2 Å². The Morgan fingerprint density at radius 2 is 1.36 bits per heavy atom. The smallest absolute Gasteiger partial charge is 0.161 e. The summed E-state index contributed by atoms with van der Waals surface area (Å²) < 4.78 is 10.6. The minimum Gasteiger partial charge on any atom is -0.487 e. The monoisotopic (exact) mass is 196 g/mol. The van der Waals surface area contributed by atoms with Gasteiger partial charge >= 0.3 is 0 Å². The van der Waals surface area contributed by atoms with Crippen LogP contribution in [-0.4, -0.2) is 35.6 Å². The van der Waals surface area contributed by atoms with Gasteiger partial charge in [0.05, 0.1) is 0 Å². The fraction of sp³-hybridized carbons (Fsp3) is 0.400. The molecule has 1 heterocycles. The summed E-state index contributed by atoms with van der Waals surface area (Å²) in [5.41, 5.74) is 0.